The van der Waals surface area contributed by atoms with Gasteiger partial charge in [0.1, 0.15) is 11.9 Å². The van der Waals surface area contributed by atoms with Crippen LogP contribution in [0.25, 0.3) is 0 Å². The molecular formula is C11H10ClFN2O3S. The van der Waals surface area contributed by atoms with Crippen molar-refractivity contribution in [3.8, 4) is 0 Å². The lowest BCUT2D eigenvalue weighted by molar-refractivity contribution is -0.140. The van der Waals surface area contributed by atoms with Crippen molar-refractivity contribution < 1.29 is 19.1 Å². The standard InChI is InChI=1S/C11H10ClFN2O3S/c12-7-3-6(13)1-2-8(7)14-11(18)15-5-19-4-9(15)10(16)17/h1-3,9H,4-5H2,(H,14,18)(H,16,17). The van der Waals surface area contributed by atoms with Crippen molar-refractivity contribution in [3.05, 3.63) is 29.0 Å². The zero-order chi connectivity index (χ0) is 14.0. The smallest absolute Gasteiger partial charge is 0.327 e. The number of hydrogen-bond donors (Lipinski definition) is 2. The van der Waals surface area contributed by atoms with Crippen molar-refractivity contribution in [2.45, 2.75) is 6.04 Å². The highest BCUT2D eigenvalue weighted by Crippen LogP contribution is 2.25. The maximum Gasteiger partial charge on any atom is 0.327 e. The molecular weight excluding hydrogens is 295 g/mol. The average Bonchev–Trinajstić information content (AvgIpc) is 2.82. The fourth-order valence-electron chi connectivity index (χ4n) is 1.63. The molecule has 1 aliphatic rings. The lowest BCUT2D eigenvalue weighted by Crippen LogP contribution is -2.44. The van der Waals surface area contributed by atoms with Gasteiger partial charge >= 0.3 is 12.0 Å². The third-order valence-corrected chi connectivity index (χ3v) is 3.93. The van der Waals surface area contributed by atoms with Gasteiger partial charge in [0.15, 0.2) is 0 Å². The van der Waals surface area contributed by atoms with E-state index in [0.29, 0.717) is 11.6 Å². The van der Waals surface area contributed by atoms with Gasteiger partial charge in [-0.2, -0.15) is 0 Å². The molecule has 0 spiro atoms. The first-order chi connectivity index (χ1) is 8.99. The van der Waals surface area contributed by atoms with Gasteiger partial charge in [0.2, 0.25) is 0 Å². The second-order valence-corrected chi connectivity index (χ2v) is 5.29. The number of aliphatic carboxylic acids is 1. The van der Waals surface area contributed by atoms with Crippen molar-refractivity contribution in [2.24, 2.45) is 0 Å². The van der Waals surface area contributed by atoms with Crippen LogP contribution in [0.5, 0.6) is 0 Å². The van der Waals surface area contributed by atoms with Gasteiger partial charge in [-0.15, -0.1) is 11.8 Å². The van der Waals surface area contributed by atoms with Crippen LogP contribution in [0.4, 0.5) is 14.9 Å². The molecule has 2 rings (SSSR count). The van der Waals surface area contributed by atoms with E-state index in [1.807, 2.05) is 0 Å². The molecule has 1 aliphatic heterocycles. The van der Waals surface area contributed by atoms with E-state index in [9.17, 15) is 14.0 Å². The maximum absolute atomic E-state index is 12.9. The third-order valence-electron chi connectivity index (χ3n) is 2.60. The minimum atomic E-state index is -1.05. The van der Waals surface area contributed by atoms with E-state index in [4.69, 9.17) is 16.7 Å². The zero-order valence-electron chi connectivity index (χ0n) is 9.60. The van der Waals surface area contributed by atoms with Crippen LogP contribution < -0.4 is 5.32 Å². The number of carbonyl (C=O) groups is 2. The SMILES string of the molecule is O=C(O)C1CSCN1C(=O)Nc1ccc(F)cc1Cl. The second-order valence-electron chi connectivity index (χ2n) is 3.88. The summed E-state index contributed by atoms with van der Waals surface area (Å²) in [7, 11) is 0. The number of carbonyl (C=O) groups excluding carboxylic acids is 1. The van der Waals surface area contributed by atoms with E-state index in [-0.39, 0.29) is 10.7 Å². The molecule has 1 saturated heterocycles. The molecule has 0 aliphatic carbocycles. The molecule has 0 saturated carbocycles. The highest BCUT2D eigenvalue weighted by molar-refractivity contribution is 7.99. The van der Waals surface area contributed by atoms with Crippen LogP contribution in [-0.4, -0.2) is 39.7 Å². The Hall–Kier alpha value is -1.47. The van der Waals surface area contributed by atoms with Crippen LogP contribution in [0.15, 0.2) is 18.2 Å². The Balaban J connectivity index is 2.10. The van der Waals surface area contributed by atoms with Gasteiger partial charge < -0.3 is 15.3 Å². The van der Waals surface area contributed by atoms with Gasteiger partial charge in [0, 0.05) is 5.75 Å². The predicted molar refractivity (Wildman–Crippen MR) is 71.0 cm³/mol. The lowest BCUT2D eigenvalue weighted by Gasteiger charge is -2.21. The van der Waals surface area contributed by atoms with E-state index < -0.39 is 23.9 Å². The Morgan fingerprint density at radius 3 is 2.89 bits per heavy atom. The number of rotatable bonds is 2. The minimum Gasteiger partial charge on any atom is -0.480 e. The minimum absolute atomic E-state index is 0.0621. The van der Waals surface area contributed by atoms with Gasteiger partial charge in [-0.25, -0.2) is 14.0 Å². The van der Waals surface area contributed by atoms with Crippen LogP contribution in [-0.2, 0) is 4.79 Å². The number of thioether (sulfide) groups is 1. The summed E-state index contributed by atoms with van der Waals surface area (Å²) in [5.74, 6) is -0.921. The first-order valence-corrected chi connectivity index (χ1v) is 6.85. The van der Waals surface area contributed by atoms with Crippen LogP contribution in [0.3, 0.4) is 0 Å². The molecule has 19 heavy (non-hydrogen) atoms. The summed E-state index contributed by atoms with van der Waals surface area (Å²) in [6, 6.07) is 2.14. The fraction of sp³-hybridized carbons (Fsp3) is 0.273. The fourth-order valence-corrected chi connectivity index (χ4v) is 2.98. The topological polar surface area (TPSA) is 69.6 Å². The molecule has 1 heterocycles. The highest BCUT2D eigenvalue weighted by Gasteiger charge is 2.34. The molecule has 1 aromatic carbocycles. The quantitative estimate of drug-likeness (QED) is 0.880. The largest absolute Gasteiger partial charge is 0.480 e. The number of carboxylic acid groups (broad SMARTS) is 1. The molecule has 1 fully saturated rings. The zero-order valence-corrected chi connectivity index (χ0v) is 11.2. The Morgan fingerprint density at radius 1 is 1.53 bits per heavy atom. The number of carboxylic acids is 1. The Morgan fingerprint density at radius 2 is 2.26 bits per heavy atom. The van der Waals surface area contributed by atoms with Crippen LogP contribution in [0.1, 0.15) is 0 Å². The summed E-state index contributed by atoms with van der Waals surface area (Å²) in [6.45, 7) is 0. The van der Waals surface area contributed by atoms with Crippen molar-refractivity contribution in [3.63, 3.8) is 0 Å². The van der Waals surface area contributed by atoms with Crippen molar-refractivity contribution in [1.29, 1.82) is 0 Å². The molecule has 2 amide bonds. The molecule has 102 valence electrons. The number of benzene rings is 1. The van der Waals surface area contributed by atoms with Crippen molar-refractivity contribution in [1.82, 2.24) is 4.90 Å². The van der Waals surface area contributed by atoms with Crippen molar-refractivity contribution >= 4 is 41.1 Å². The van der Waals surface area contributed by atoms with E-state index in [1.165, 1.54) is 22.7 Å². The Bertz CT molecular complexity index is 529. The maximum atomic E-state index is 12.9. The molecule has 1 unspecified atom stereocenters. The lowest BCUT2D eigenvalue weighted by atomic mass is 10.3. The summed E-state index contributed by atoms with van der Waals surface area (Å²) < 4.78 is 12.9. The third kappa shape index (κ3) is 3.10. The number of hydrogen-bond acceptors (Lipinski definition) is 3. The number of halogens is 2. The molecule has 0 radical (unpaired) electrons. The summed E-state index contributed by atoms with van der Waals surface area (Å²) >= 11 is 7.14. The van der Waals surface area contributed by atoms with Crippen LogP contribution >= 0.6 is 23.4 Å². The number of nitrogens with one attached hydrogen (secondary N) is 1. The number of anilines is 1. The van der Waals surface area contributed by atoms with Gasteiger partial charge in [0.05, 0.1) is 16.6 Å². The molecule has 2 N–H and O–H groups in total. The molecule has 0 bridgehead atoms. The first-order valence-electron chi connectivity index (χ1n) is 5.32. The van der Waals surface area contributed by atoms with E-state index in [1.54, 1.807) is 0 Å². The van der Waals surface area contributed by atoms with Gasteiger partial charge in [0.25, 0.3) is 0 Å². The van der Waals surface area contributed by atoms with E-state index in [2.05, 4.69) is 5.32 Å². The van der Waals surface area contributed by atoms with Gasteiger partial charge in [-0.3, -0.25) is 0 Å². The van der Waals surface area contributed by atoms with E-state index in [0.717, 1.165) is 12.1 Å². The molecule has 5 nitrogen and oxygen atoms in total. The second kappa shape index (κ2) is 5.66. The molecule has 1 atom stereocenters. The summed E-state index contributed by atoms with van der Waals surface area (Å²) in [4.78, 5) is 24.1. The van der Waals surface area contributed by atoms with Crippen LogP contribution in [0.2, 0.25) is 5.02 Å². The molecule has 0 aromatic heterocycles. The van der Waals surface area contributed by atoms with Gasteiger partial charge in [-0.1, -0.05) is 11.6 Å². The normalized spacial score (nSPS) is 18.4. The number of amides is 2. The highest BCUT2D eigenvalue weighted by atomic mass is 35.5. The van der Waals surface area contributed by atoms with Crippen LogP contribution in [0, 0.1) is 5.82 Å². The monoisotopic (exact) mass is 304 g/mol. The van der Waals surface area contributed by atoms with Crippen molar-refractivity contribution in [2.75, 3.05) is 16.9 Å². The number of urea groups is 1. The predicted octanol–water partition coefficient (Wildman–Crippen LogP) is 2.47. The average molecular weight is 305 g/mol. The molecule has 1 aromatic rings. The summed E-state index contributed by atoms with van der Waals surface area (Å²) in [5, 5.41) is 11.5. The first kappa shape index (κ1) is 14.0. The summed E-state index contributed by atoms with van der Waals surface area (Å²) in [6.07, 6.45) is 0. The molecule has 8 heteroatoms. The Labute approximate surface area is 117 Å². The van der Waals surface area contributed by atoms with Gasteiger partial charge in [-0.05, 0) is 18.2 Å². The summed E-state index contributed by atoms with van der Waals surface area (Å²) in [5.41, 5.74) is 0.245. The number of nitrogens with zero attached hydrogens (tertiary/aromatic N) is 1. The Kier molecular flexibility index (Phi) is 4.16. The van der Waals surface area contributed by atoms with E-state index >= 15 is 0 Å².